The molecule has 0 aliphatic heterocycles. The molecule has 0 atom stereocenters. The minimum absolute atomic E-state index is 0.0643. The summed E-state index contributed by atoms with van der Waals surface area (Å²) in [7, 11) is 0. The predicted molar refractivity (Wildman–Crippen MR) is 130 cm³/mol. The number of carbonyl (C=O) groups excluding carboxylic acids is 2. The van der Waals surface area contributed by atoms with Crippen LogP contribution in [0.25, 0.3) is 0 Å². The molecule has 0 spiro atoms. The second-order valence-electron chi connectivity index (χ2n) is 7.05. The Morgan fingerprint density at radius 2 is 2.03 bits per heavy atom. The summed E-state index contributed by atoms with van der Waals surface area (Å²) in [5, 5.41) is 21.9. The molecule has 2 aromatic heterocycles. The number of nitro groups is 1. The van der Waals surface area contributed by atoms with E-state index in [-0.39, 0.29) is 39.6 Å². The first-order valence-electron chi connectivity index (χ1n) is 10.3. The smallest absolute Gasteiger partial charge is 0.345 e. The highest BCUT2D eigenvalue weighted by Gasteiger charge is 2.20. The highest BCUT2D eigenvalue weighted by molar-refractivity contribution is 8.00. The number of nitrogens with zero attached hydrogens (tertiary/aromatic N) is 3. The lowest BCUT2D eigenvalue weighted by Crippen LogP contribution is -2.21. The number of nitrogens with one attached hydrogen (secondary N) is 1. The number of hydrogen-bond acceptors (Lipinski definition) is 11. The van der Waals surface area contributed by atoms with Gasteiger partial charge in [-0.15, -0.1) is 10.2 Å². The molecule has 3 rings (SSSR count). The Morgan fingerprint density at radius 1 is 1.29 bits per heavy atom. The van der Waals surface area contributed by atoms with Gasteiger partial charge in [-0.05, 0) is 18.9 Å². The maximum Gasteiger partial charge on any atom is 0.345 e. The molecule has 1 amide bonds. The Balaban J connectivity index is 1.61. The van der Waals surface area contributed by atoms with Crippen molar-refractivity contribution in [1.29, 1.82) is 0 Å². The molecule has 0 unspecified atom stereocenters. The third kappa shape index (κ3) is 6.87. The summed E-state index contributed by atoms with van der Waals surface area (Å²) in [5.41, 5.74) is -1.24. The van der Waals surface area contributed by atoms with E-state index in [1.807, 2.05) is 13.8 Å². The molecule has 0 fully saturated rings. The van der Waals surface area contributed by atoms with Gasteiger partial charge in [-0.2, -0.15) is 0 Å². The minimum Gasteiger partial charge on any atom is -0.464 e. The van der Waals surface area contributed by atoms with Gasteiger partial charge in [0.05, 0.1) is 21.3 Å². The Kier molecular flexibility index (Phi) is 8.95. The first-order chi connectivity index (χ1) is 16.7. The number of esters is 1. The fourth-order valence-corrected chi connectivity index (χ4v) is 4.69. The predicted octanol–water partition coefficient (Wildman–Crippen LogP) is 4.94. The lowest BCUT2D eigenvalue weighted by Gasteiger charge is -2.09. The van der Waals surface area contributed by atoms with Crippen LogP contribution in [-0.4, -0.2) is 27.0 Å². The Morgan fingerprint density at radius 3 is 2.69 bits per heavy atom. The van der Waals surface area contributed by atoms with Crippen molar-refractivity contribution in [2.45, 2.75) is 36.8 Å². The molecule has 1 N–H and O–H groups in total. The van der Waals surface area contributed by atoms with Crippen molar-refractivity contribution in [3.63, 3.8) is 0 Å². The van der Waals surface area contributed by atoms with Crippen LogP contribution in [-0.2, 0) is 10.5 Å². The molecule has 2 heterocycles. The standard InChI is InChI=1S/C21H19ClN4O7S2/c1-3-11(4-2)18(28)23-20-24-25-21(35-20)34-10-13-8-16(27)17(9-32-13)33-19(29)14-7-12(26(30)31)5-6-15(14)22/h5-9,11H,3-4,10H2,1-2H3,(H,23,24,28). The molecule has 0 radical (unpaired) electrons. The Labute approximate surface area is 212 Å². The second-order valence-corrected chi connectivity index (χ2v) is 9.66. The number of amides is 1. The van der Waals surface area contributed by atoms with Crippen molar-refractivity contribution >= 4 is 57.4 Å². The van der Waals surface area contributed by atoms with E-state index in [1.165, 1.54) is 29.2 Å². The van der Waals surface area contributed by atoms with Gasteiger partial charge in [0.15, 0.2) is 4.34 Å². The molecule has 3 aromatic rings. The van der Waals surface area contributed by atoms with Crippen molar-refractivity contribution in [2.75, 3.05) is 5.32 Å². The fourth-order valence-electron chi connectivity index (χ4n) is 2.85. The number of non-ortho nitro benzene ring substituents is 1. The van der Waals surface area contributed by atoms with E-state index >= 15 is 0 Å². The van der Waals surface area contributed by atoms with Gasteiger partial charge in [0.25, 0.3) is 5.69 Å². The maximum absolute atomic E-state index is 12.4. The van der Waals surface area contributed by atoms with Gasteiger partial charge in [-0.3, -0.25) is 19.7 Å². The van der Waals surface area contributed by atoms with Gasteiger partial charge in [0, 0.05) is 24.1 Å². The van der Waals surface area contributed by atoms with E-state index in [4.69, 9.17) is 20.8 Å². The molecule has 0 saturated carbocycles. The number of halogens is 1. The summed E-state index contributed by atoms with van der Waals surface area (Å²) in [4.78, 5) is 47.1. The van der Waals surface area contributed by atoms with Crippen LogP contribution in [0.3, 0.4) is 0 Å². The van der Waals surface area contributed by atoms with Gasteiger partial charge in [0.2, 0.25) is 22.2 Å². The molecular weight excluding hydrogens is 520 g/mol. The van der Waals surface area contributed by atoms with E-state index in [0.29, 0.717) is 9.47 Å². The third-order valence-electron chi connectivity index (χ3n) is 4.77. The summed E-state index contributed by atoms with van der Waals surface area (Å²) >= 11 is 8.37. The lowest BCUT2D eigenvalue weighted by atomic mass is 10.0. The highest BCUT2D eigenvalue weighted by Crippen LogP contribution is 2.29. The van der Waals surface area contributed by atoms with E-state index in [1.54, 1.807) is 0 Å². The van der Waals surface area contributed by atoms with Crippen molar-refractivity contribution in [3.8, 4) is 5.75 Å². The summed E-state index contributed by atoms with van der Waals surface area (Å²) in [6, 6.07) is 4.44. The number of thioether (sulfide) groups is 1. The lowest BCUT2D eigenvalue weighted by molar-refractivity contribution is -0.384. The molecule has 0 saturated heterocycles. The first kappa shape index (κ1) is 26.3. The van der Waals surface area contributed by atoms with Crippen molar-refractivity contribution in [3.05, 3.63) is 67.2 Å². The summed E-state index contributed by atoms with van der Waals surface area (Å²) in [6.07, 6.45) is 2.43. The number of anilines is 1. The van der Waals surface area contributed by atoms with Crippen molar-refractivity contribution in [1.82, 2.24) is 10.2 Å². The molecule has 35 heavy (non-hydrogen) atoms. The summed E-state index contributed by atoms with van der Waals surface area (Å²) in [5.74, 6) is -1.12. The molecule has 11 nitrogen and oxygen atoms in total. The number of benzene rings is 1. The minimum atomic E-state index is -1.04. The van der Waals surface area contributed by atoms with Crippen LogP contribution in [0.1, 0.15) is 42.8 Å². The van der Waals surface area contributed by atoms with Gasteiger partial charge in [-0.1, -0.05) is 48.5 Å². The van der Waals surface area contributed by atoms with E-state index in [0.717, 1.165) is 37.3 Å². The van der Waals surface area contributed by atoms with Crippen LogP contribution in [0, 0.1) is 16.0 Å². The quantitative estimate of drug-likeness (QED) is 0.123. The monoisotopic (exact) mass is 538 g/mol. The van der Waals surface area contributed by atoms with E-state index in [9.17, 15) is 24.5 Å². The van der Waals surface area contributed by atoms with Crippen LogP contribution in [0.4, 0.5) is 10.8 Å². The van der Waals surface area contributed by atoms with Crippen molar-refractivity contribution in [2.24, 2.45) is 5.92 Å². The number of carbonyl (C=O) groups is 2. The number of ether oxygens (including phenoxy) is 1. The van der Waals surface area contributed by atoms with Crippen LogP contribution in [0.15, 0.2) is 44.1 Å². The Hall–Kier alpha value is -3.29. The number of nitro benzene ring substituents is 1. The molecule has 14 heteroatoms. The molecular formula is C21H19ClN4O7S2. The first-order valence-corrected chi connectivity index (χ1v) is 12.4. The number of hydrogen-bond donors (Lipinski definition) is 1. The van der Waals surface area contributed by atoms with Crippen LogP contribution in [0.5, 0.6) is 5.75 Å². The van der Waals surface area contributed by atoms with Gasteiger partial charge in [-0.25, -0.2) is 4.79 Å². The number of aromatic nitrogens is 2. The fraction of sp³-hybridized carbons (Fsp3) is 0.286. The maximum atomic E-state index is 12.4. The van der Waals surface area contributed by atoms with Crippen LogP contribution in [0.2, 0.25) is 5.02 Å². The average molecular weight is 539 g/mol. The van der Waals surface area contributed by atoms with E-state index < -0.39 is 22.1 Å². The van der Waals surface area contributed by atoms with Gasteiger partial charge in [0.1, 0.15) is 12.0 Å². The van der Waals surface area contributed by atoms with Gasteiger partial charge >= 0.3 is 5.97 Å². The van der Waals surface area contributed by atoms with Gasteiger partial charge < -0.3 is 14.5 Å². The molecule has 0 aliphatic carbocycles. The van der Waals surface area contributed by atoms with E-state index in [2.05, 4.69) is 15.5 Å². The van der Waals surface area contributed by atoms with Crippen molar-refractivity contribution < 1.29 is 23.7 Å². The SMILES string of the molecule is CCC(CC)C(=O)Nc1nnc(SCc2cc(=O)c(OC(=O)c3cc([N+](=O)[O-])ccc3Cl)co2)s1. The zero-order chi connectivity index (χ0) is 25.5. The normalized spacial score (nSPS) is 10.9. The van der Waals surface area contributed by atoms with Crippen LogP contribution < -0.4 is 15.5 Å². The molecule has 184 valence electrons. The molecule has 0 bridgehead atoms. The topological polar surface area (TPSA) is 155 Å². The highest BCUT2D eigenvalue weighted by atomic mass is 35.5. The summed E-state index contributed by atoms with van der Waals surface area (Å²) in [6.45, 7) is 3.88. The zero-order valence-corrected chi connectivity index (χ0v) is 20.9. The zero-order valence-electron chi connectivity index (χ0n) is 18.5. The second kappa shape index (κ2) is 11.9. The Bertz CT molecular complexity index is 1310. The number of rotatable bonds is 10. The average Bonchev–Trinajstić information content (AvgIpc) is 3.27. The summed E-state index contributed by atoms with van der Waals surface area (Å²) < 4.78 is 11.0. The molecule has 0 aliphatic rings. The van der Waals surface area contributed by atoms with Crippen LogP contribution >= 0.6 is 34.7 Å². The third-order valence-corrected chi connectivity index (χ3v) is 7.09. The largest absolute Gasteiger partial charge is 0.464 e. The molecule has 1 aromatic carbocycles.